The van der Waals surface area contributed by atoms with E-state index in [0.29, 0.717) is 0 Å². The second kappa shape index (κ2) is 6.95. The van der Waals surface area contributed by atoms with Gasteiger partial charge < -0.3 is 4.90 Å². The molecule has 1 rings (SSSR count). The van der Waals surface area contributed by atoms with Gasteiger partial charge in [0.1, 0.15) is 0 Å². The summed E-state index contributed by atoms with van der Waals surface area (Å²) < 4.78 is 0. The molecule has 94 valence electrons. The van der Waals surface area contributed by atoms with Crippen LogP contribution in [0, 0.1) is 0 Å². The second-order valence-electron chi connectivity index (χ2n) is 4.07. The summed E-state index contributed by atoms with van der Waals surface area (Å²) in [6.07, 6.45) is 3.99. The van der Waals surface area contributed by atoms with Gasteiger partial charge in [0.2, 0.25) is 0 Å². The molecule has 1 nitrogen and oxygen atoms in total. The summed E-state index contributed by atoms with van der Waals surface area (Å²) in [5, 5.41) is 0. The summed E-state index contributed by atoms with van der Waals surface area (Å²) >= 11 is 0. The van der Waals surface area contributed by atoms with Gasteiger partial charge in [-0.25, -0.2) is 0 Å². The first-order valence-electron chi connectivity index (χ1n) is 6.07. The lowest BCUT2D eigenvalue weighted by Gasteiger charge is -2.09. The minimum atomic E-state index is 0.912. The highest BCUT2D eigenvalue weighted by Gasteiger charge is 2.23. The zero-order valence-electron chi connectivity index (χ0n) is 11.9. The molecule has 0 N–H and O–H groups in total. The van der Waals surface area contributed by atoms with Gasteiger partial charge in [0.15, 0.2) is 0 Å². The Hall–Kier alpha value is -1.50. The number of rotatable bonds is 2. The molecule has 1 heteroatoms. The monoisotopic (exact) mass is 231 g/mol. The summed E-state index contributed by atoms with van der Waals surface area (Å²) in [6, 6.07) is 0. The smallest absolute Gasteiger partial charge is 0.0435 e. The van der Waals surface area contributed by atoms with Gasteiger partial charge >= 0.3 is 0 Å². The lowest BCUT2D eigenvalue weighted by molar-refractivity contribution is 0.503. The van der Waals surface area contributed by atoms with Gasteiger partial charge in [-0.1, -0.05) is 51.3 Å². The van der Waals surface area contributed by atoms with E-state index in [1.807, 2.05) is 26.8 Å². The molecule has 1 fully saturated rings. The van der Waals surface area contributed by atoms with Crippen molar-refractivity contribution >= 4 is 0 Å². The van der Waals surface area contributed by atoms with Crippen LogP contribution < -0.4 is 0 Å². The van der Waals surface area contributed by atoms with Crippen LogP contribution in [0.15, 0.2) is 59.9 Å². The Balaban J connectivity index is 0.00000121. The first-order valence-corrected chi connectivity index (χ1v) is 6.07. The van der Waals surface area contributed by atoms with Crippen LogP contribution in [-0.2, 0) is 0 Å². The van der Waals surface area contributed by atoms with Crippen LogP contribution in [0.5, 0.6) is 0 Å². The fraction of sp³-hybridized carbons (Fsp3) is 0.375. The maximum atomic E-state index is 4.08. The molecule has 1 heterocycles. The number of nitrogens with zero attached hydrogens (tertiary/aromatic N) is 1. The molecule has 0 aliphatic carbocycles. The van der Waals surface area contributed by atoms with Crippen LogP contribution in [0.4, 0.5) is 0 Å². The van der Waals surface area contributed by atoms with Crippen molar-refractivity contribution in [1.82, 2.24) is 4.90 Å². The molecule has 0 atom stereocenters. The summed E-state index contributed by atoms with van der Waals surface area (Å²) in [5.41, 5.74) is 5.83. The predicted octanol–water partition coefficient (Wildman–Crippen LogP) is 4.48. The van der Waals surface area contributed by atoms with E-state index in [0.717, 1.165) is 17.8 Å². The lowest BCUT2D eigenvalue weighted by Crippen LogP contribution is -2.09. The van der Waals surface area contributed by atoms with Crippen molar-refractivity contribution in [3.63, 3.8) is 0 Å². The van der Waals surface area contributed by atoms with Crippen molar-refractivity contribution < 1.29 is 0 Å². The zero-order chi connectivity index (χ0) is 13.6. The van der Waals surface area contributed by atoms with Gasteiger partial charge in [0, 0.05) is 24.9 Å². The van der Waals surface area contributed by atoms with Crippen molar-refractivity contribution in [2.24, 2.45) is 0 Å². The van der Waals surface area contributed by atoms with Crippen molar-refractivity contribution in [1.29, 1.82) is 0 Å². The lowest BCUT2D eigenvalue weighted by atomic mass is 10.0. The molecular formula is C16H25N. The molecule has 0 aromatic rings. The van der Waals surface area contributed by atoms with Crippen LogP contribution >= 0.6 is 0 Å². The molecule has 0 saturated carbocycles. The van der Waals surface area contributed by atoms with Crippen LogP contribution in [0.3, 0.4) is 0 Å². The standard InChI is InChI=1S/C14H19N.C2H6/c1-7-11(4)14-9-15(6)12(5)13(14)8-10(2)3;1-2/h7-8H,1-2,5,9H2,3-4,6H3;1-2H3/b13-8-,14-11-;. The van der Waals surface area contributed by atoms with Crippen molar-refractivity contribution in [3.05, 3.63) is 59.9 Å². The third-order valence-corrected chi connectivity index (χ3v) is 2.67. The Morgan fingerprint density at radius 3 is 2.24 bits per heavy atom. The maximum absolute atomic E-state index is 4.08. The number of likely N-dealkylation sites (N-methyl/N-ethyl adjacent to an activating group) is 1. The van der Waals surface area contributed by atoms with Gasteiger partial charge in [0.05, 0.1) is 0 Å². The molecule has 0 spiro atoms. The first-order chi connectivity index (χ1) is 7.97. The Morgan fingerprint density at radius 2 is 1.82 bits per heavy atom. The topological polar surface area (TPSA) is 3.24 Å². The molecule has 0 unspecified atom stereocenters. The molecule has 17 heavy (non-hydrogen) atoms. The van der Waals surface area contributed by atoms with E-state index in [2.05, 4.69) is 44.7 Å². The minimum Gasteiger partial charge on any atom is -0.370 e. The van der Waals surface area contributed by atoms with E-state index < -0.39 is 0 Å². The average molecular weight is 231 g/mol. The molecule has 0 amide bonds. The quantitative estimate of drug-likeness (QED) is 0.677. The molecular weight excluding hydrogens is 206 g/mol. The molecule has 1 aliphatic heterocycles. The Bertz CT molecular complexity index is 380. The summed E-state index contributed by atoms with van der Waals surface area (Å²) in [5.74, 6) is 0. The fourth-order valence-electron chi connectivity index (χ4n) is 1.67. The predicted molar refractivity (Wildman–Crippen MR) is 78.9 cm³/mol. The normalized spacial score (nSPS) is 19.9. The SMILES string of the molecule is C=C/C(C)=C1/CN(C)C(=C)/C1=C/C(=C)C.CC. The van der Waals surface area contributed by atoms with E-state index >= 15 is 0 Å². The van der Waals surface area contributed by atoms with Crippen LogP contribution in [-0.4, -0.2) is 18.5 Å². The maximum Gasteiger partial charge on any atom is 0.0435 e. The van der Waals surface area contributed by atoms with Crippen LogP contribution in [0.25, 0.3) is 0 Å². The number of allylic oxidation sites excluding steroid dienone is 5. The van der Waals surface area contributed by atoms with Crippen LogP contribution in [0.1, 0.15) is 27.7 Å². The van der Waals surface area contributed by atoms with Gasteiger partial charge in [-0.2, -0.15) is 0 Å². The number of likely N-dealkylation sites (tertiary alicyclic amines) is 1. The largest absolute Gasteiger partial charge is 0.370 e. The van der Waals surface area contributed by atoms with E-state index in [4.69, 9.17) is 0 Å². The van der Waals surface area contributed by atoms with Gasteiger partial charge in [0.25, 0.3) is 0 Å². The first kappa shape index (κ1) is 15.5. The summed E-state index contributed by atoms with van der Waals surface area (Å²) in [7, 11) is 2.05. The highest BCUT2D eigenvalue weighted by Crippen LogP contribution is 2.32. The van der Waals surface area contributed by atoms with E-state index in [1.165, 1.54) is 16.7 Å². The molecule has 0 aromatic carbocycles. The molecule has 0 bridgehead atoms. The van der Waals surface area contributed by atoms with Crippen LogP contribution in [0.2, 0.25) is 0 Å². The number of hydrogen-bond donors (Lipinski definition) is 0. The van der Waals surface area contributed by atoms with Crippen molar-refractivity contribution in [2.75, 3.05) is 13.6 Å². The van der Waals surface area contributed by atoms with Gasteiger partial charge in [-0.15, -0.1) is 0 Å². The van der Waals surface area contributed by atoms with Crippen molar-refractivity contribution in [2.45, 2.75) is 27.7 Å². The zero-order valence-corrected chi connectivity index (χ0v) is 11.9. The van der Waals surface area contributed by atoms with Crippen molar-refractivity contribution in [3.8, 4) is 0 Å². The average Bonchev–Trinajstić information content (AvgIpc) is 2.58. The third-order valence-electron chi connectivity index (χ3n) is 2.67. The van der Waals surface area contributed by atoms with E-state index in [1.54, 1.807) is 0 Å². The Labute approximate surface area is 107 Å². The molecule has 0 radical (unpaired) electrons. The minimum absolute atomic E-state index is 0.912. The molecule has 1 aliphatic rings. The van der Waals surface area contributed by atoms with Gasteiger partial charge in [-0.05, 0) is 25.0 Å². The highest BCUT2D eigenvalue weighted by atomic mass is 15.1. The molecule has 0 aromatic heterocycles. The van der Waals surface area contributed by atoms with Gasteiger partial charge in [-0.3, -0.25) is 0 Å². The Kier molecular flexibility index (Phi) is 6.34. The third kappa shape index (κ3) is 3.77. The highest BCUT2D eigenvalue weighted by molar-refractivity contribution is 5.56. The second-order valence-corrected chi connectivity index (χ2v) is 4.07. The van der Waals surface area contributed by atoms with E-state index in [-0.39, 0.29) is 0 Å². The Morgan fingerprint density at radius 1 is 1.29 bits per heavy atom. The number of hydrogen-bond acceptors (Lipinski definition) is 1. The summed E-state index contributed by atoms with van der Waals surface area (Å²) in [4.78, 5) is 2.15. The summed E-state index contributed by atoms with van der Waals surface area (Å²) in [6.45, 7) is 20.8. The molecule has 1 saturated heterocycles. The fourth-order valence-corrected chi connectivity index (χ4v) is 1.67. The van der Waals surface area contributed by atoms with E-state index in [9.17, 15) is 0 Å².